The normalized spacial score (nSPS) is 10.5. The van der Waals surface area contributed by atoms with E-state index in [1.807, 2.05) is 26.0 Å². The highest BCUT2D eigenvalue weighted by Crippen LogP contribution is 2.26. The molecule has 0 unspecified atom stereocenters. The third-order valence-electron chi connectivity index (χ3n) is 4.25. The summed E-state index contributed by atoms with van der Waals surface area (Å²) >= 11 is 0. The minimum absolute atomic E-state index is 0.190. The molecule has 138 valence electrons. The zero-order valence-electron chi connectivity index (χ0n) is 15.6. The van der Waals surface area contributed by atoms with E-state index in [1.165, 1.54) is 5.56 Å². The Hall–Kier alpha value is -3.41. The highest BCUT2D eigenvalue weighted by atomic mass is 16.4. The van der Waals surface area contributed by atoms with E-state index < -0.39 is 5.97 Å². The lowest BCUT2D eigenvalue weighted by Gasteiger charge is -2.15. The molecule has 27 heavy (non-hydrogen) atoms. The van der Waals surface area contributed by atoms with Gasteiger partial charge < -0.3 is 15.7 Å². The van der Waals surface area contributed by atoms with Crippen LogP contribution in [0.2, 0.25) is 0 Å². The number of hydrogen-bond donors (Lipinski definition) is 3. The van der Waals surface area contributed by atoms with Gasteiger partial charge in [-0.2, -0.15) is 4.98 Å². The zero-order valence-corrected chi connectivity index (χ0v) is 15.6. The number of benzene rings is 2. The average Bonchev–Trinajstić information content (AvgIpc) is 2.63. The molecule has 1 aromatic heterocycles. The van der Waals surface area contributed by atoms with Gasteiger partial charge in [0.2, 0.25) is 5.95 Å². The van der Waals surface area contributed by atoms with Gasteiger partial charge in [0.1, 0.15) is 5.82 Å². The molecule has 0 aliphatic heterocycles. The number of anilines is 4. The number of aromatic carboxylic acids is 1. The summed E-state index contributed by atoms with van der Waals surface area (Å²) in [5.74, 6) is 0.00867. The van der Waals surface area contributed by atoms with Crippen LogP contribution in [0.3, 0.4) is 0 Å². The quantitative estimate of drug-likeness (QED) is 0.581. The largest absolute Gasteiger partial charge is 0.478 e. The summed E-state index contributed by atoms with van der Waals surface area (Å²) in [5.41, 5.74) is 4.75. The van der Waals surface area contributed by atoms with E-state index in [1.54, 1.807) is 30.3 Å². The Morgan fingerprint density at radius 3 is 2.56 bits per heavy atom. The van der Waals surface area contributed by atoms with Gasteiger partial charge in [-0.3, -0.25) is 0 Å². The number of nitrogens with one attached hydrogen (secondary N) is 2. The lowest BCUT2D eigenvalue weighted by molar-refractivity contribution is 0.0698. The maximum absolute atomic E-state index is 11.4. The molecule has 0 atom stereocenters. The summed E-state index contributed by atoms with van der Waals surface area (Å²) in [7, 11) is 0. The molecule has 6 nitrogen and oxygen atoms in total. The van der Waals surface area contributed by atoms with E-state index in [2.05, 4.69) is 33.6 Å². The molecule has 0 fully saturated rings. The van der Waals surface area contributed by atoms with Crippen LogP contribution in [-0.4, -0.2) is 21.0 Å². The fraction of sp³-hybridized carbons (Fsp3) is 0.190. The van der Waals surface area contributed by atoms with Gasteiger partial charge in [0.15, 0.2) is 0 Å². The third-order valence-corrected chi connectivity index (χ3v) is 4.25. The number of para-hydroxylation sites is 2. The van der Waals surface area contributed by atoms with Gasteiger partial charge in [0.25, 0.3) is 0 Å². The van der Waals surface area contributed by atoms with Crippen LogP contribution >= 0.6 is 0 Å². The SMILES string of the molecule is CCc1cccc(C)c1Nc1nc(C)cc(Nc2ccccc2C(=O)O)n1. The van der Waals surface area contributed by atoms with Crippen LogP contribution in [0.1, 0.15) is 34.1 Å². The molecule has 0 saturated heterocycles. The van der Waals surface area contributed by atoms with Crippen LogP contribution in [0.15, 0.2) is 48.5 Å². The van der Waals surface area contributed by atoms with Gasteiger partial charge in [-0.05, 0) is 43.5 Å². The lowest BCUT2D eigenvalue weighted by Crippen LogP contribution is -2.07. The van der Waals surface area contributed by atoms with Crippen molar-refractivity contribution < 1.29 is 9.90 Å². The first-order chi connectivity index (χ1) is 13.0. The highest BCUT2D eigenvalue weighted by Gasteiger charge is 2.12. The first kappa shape index (κ1) is 18.4. The number of aromatic nitrogens is 2. The number of hydrogen-bond acceptors (Lipinski definition) is 5. The van der Waals surface area contributed by atoms with Crippen LogP contribution < -0.4 is 10.6 Å². The van der Waals surface area contributed by atoms with E-state index in [-0.39, 0.29) is 5.56 Å². The molecule has 6 heteroatoms. The van der Waals surface area contributed by atoms with Crippen molar-refractivity contribution in [1.29, 1.82) is 0 Å². The second-order valence-corrected chi connectivity index (χ2v) is 6.28. The topological polar surface area (TPSA) is 87.1 Å². The van der Waals surface area contributed by atoms with E-state index in [0.717, 1.165) is 23.4 Å². The molecule has 0 aliphatic carbocycles. The Bertz CT molecular complexity index is 986. The summed E-state index contributed by atoms with van der Waals surface area (Å²) in [6.07, 6.45) is 0.896. The molecule has 0 spiro atoms. The maximum Gasteiger partial charge on any atom is 0.337 e. The summed E-state index contributed by atoms with van der Waals surface area (Å²) < 4.78 is 0. The average molecular weight is 362 g/mol. The van der Waals surface area contributed by atoms with Crippen molar-refractivity contribution in [3.05, 3.63) is 70.9 Å². The van der Waals surface area contributed by atoms with Gasteiger partial charge >= 0.3 is 5.97 Å². The summed E-state index contributed by atoms with van der Waals surface area (Å²) in [5, 5.41) is 15.8. The van der Waals surface area contributed by atoms with Gasteiger partial charge in [-0.15, -0.1) is 0 Å². The Balaban J connectivity index is 1.93. The Kier molecular flexibility index (Phi) is 5.35. The molecule has 0 aliphatic rings. The lowest BCUT2D eigenvalue weighted by atomic mass is 10.1. The minimum atomic E-state index is -0.991. The van der Waals surface area contributed by atoms with Crippen molar-refractivity contribution in [2.24, 2.45) is 0 Å². The number of rotatable bonds is 6. The molecule has 1 heterocycles. The number of nitrogens with zero attached hydrogens (tertiary/aromatic N) is 2. The molecule has 3 rings (SSSR count). The van der Waals surface area contributed by atoms with Crippen molar-refractivity contribution in [2.75, 3.05) is 10.6 Å². The molecule has 3 aromatic rings. The van der Waals surface area contributed by atoms with Crippen molar-refractivity contribution in [2.45, 2.75) is 27.2 Å². The van der Waals surface area contributed by atoms with Gasteiger partial charge in [-0.25, -0.2) is 9.78 Å². The molecule has 0 amide bonds. The van der Waals surface area contributed by atoms with Crippen LogP contribution in [0.5, 0.6) is 0 Å². The number of carboxylic acid groups (broad SMARTS) is 1. The predicted octanol–water partition coefficient (Wildman–Crippen LogP) is 4.84. The molecule has 0 bridgehead atoms. The number of carbonyl (C=O) groups is 1. The standard InChI is InChI=1S/C21H22N4O2/c1-4-15-9-7-8-13(2)19(15)25-21-22-14(3)12-18(24-21)23-17-11-6-5-10-16(17)20(26)27/h5-12H,4H2,1-3H3,(H,26,27)(H2,22,23,24,25). The minimum Gasteiger partial charge on any atom is -0.478 e. The monoisotopic (exact) mass is 362 g/mol. The maximum atomic E-state index is 11.4. The smallest absolute Gasteiger partial charge is 0.337 e. The Labute approximate surface area is 158 Å². The number of aryl methyl sites for hydroxylation is 3. The Morgan fingerprint density at radius 2 is 1.81 bits per heavy atom. The van der Waals surface area contributed by atoms with E-state index >= 15 is 0 Å². The summed E-state index contributed by atoms with van der Waals surface area (Å²) in [6, 6.07) is 14.7. The second kappa shape index (κ2) is 7.86. The number of carboxylic acids is 1. The second-order valence-electron chi connectivity index (χ2n) is 6.28. The highest BCUT2D eigenvalue weighted by molar-refractivity contribution is 5.95. The zero-order chi connectivity index (χ0) is 19.4. The summed E-state index contributed by atoms with van der Waals surface area (Å²) in [6.45, 7) is 6.02. The van der Waals surface area contributed by atoms with Crippen molar-refractivity contribution in [3.63, 3.8) is 0 Å². The van der Waals surface area contributed by atoms with E-state index in [0.29, 0.717) is 17.5 Å². The van der Waals surface area contributed by atoms with Crippen LogP contribution in [0.4, 0.5) is 23.1 Å². The van der Waals surface area contributed by atoms with E-state index in [9.17, 15) is 9.90 Å². The van der Waals surface area contributed by atoms with Crippen molar-refractivity contribution in [1.82, 2.24) is 9.97 Å². The molecule has 3 N–H and O–H groups in total. The molecule has 0 radical (unpaired) electrons. The van der Waals surface area contributed by atoms with E-state index in [4.69, 9.17) is 0 Å². The fourth-order valence-corrected chi connectivity index (χ4v) is 2.92. The van der Waals surface area contributed by atoms with Gasteiger partial charge in [0, 0.05) is 17.4 Å². The van der Waals surface area contributed by atoms with Crippen LogP contribution in [0.25, 0.3) is 0 Å². The predicted molar refractivity (Wildman–Crippen MR) is 107 cm³/mol. The summed E-state index contributed by atoms with van der Waals surface area (Å²) in [4.78, 5) is 20.4. The molecular weight excluding hydrogens is 340 g/mol. The van der Waals surface area contributed by atoms with Crippen molar-refractivity contribution in [3.8, 4) is 0 Å². The molecule has 0 saturated carbocycles. The molecular formula is C21H22N4O2. The van der Waals surface area contributed by atoms with Gasteiger partial charge in [-0.1, -0.05) is 37.3 Å². The van der Waals surface area contributed by atoms with Crippen LogP contribution in [-0.2, 0) is 6.42 Å². The first-order valence-electron chi connectivity index (χ1n) is 8.78. The third kappa shape index (κ3) is 4.23. The molecule has 2 aromatic carbocycles. The fourth-order valence-electron chi connectivity index (χ4n) is 2.92. The Morgan fingerprint density at radius 1 is 1.04 bits per heavy atom. The van der Waals surface area contributed by atoms with Gasteiger partial charge in [0.05, 0.1) is 11.3 Å². The first-order valence-corrected chi connectivity index (χ1v) is 8.78. The van der Waals surface area contributed by atoms with Crippen molar-refractivity contribution >= 4 is 29.1 Å². The van der Waals surface area contributed by atoms with Crippen LogP contribution in [0, 0.1) is 13.8 Å².